The highest BCUT2D eigenvalue weighted by Gasteiger charge is 1.95. The number of hydrogen-bond donors (Lipinski definition) is 0. The molecule has 0 saturated carbocycles. The van der Waals surface area contributed by atoms with Crippen LogP contribution in [0.4, 0.5) is 0 Å². The molecule has 0 radical (unpaired) electrons. The van der Waals surface area contributed by atoms with Gasteiger partial charge in [0.2, 0.25) is 0 Å². The number of halogens is 1. The second-order valence-corrected chi connectivity index (χ2v) is 5.24. The molecule has 0 aliphatic rings. The van der Waals surface area contributed by atoms with E-state index >= 15 is 0 Å². The van der Waals surface area contributed by atoms with Crippen molar-refractivity contribution in [2.75, 3.05) is 0 Å². The summed E-state index contributed by atoms with van der Waals surface area (Å²) >= 11 is 3.39. The molecule has 0 aliphatic heterocycles. The first-order chi connectivity index (χ1) is 9.25. The van der Waals surface area contributed by atoms with Gasteiger partial charge in [-0.05, 0) is 52.5 Å². The van der Waals surface area contributed by atoms with E-state index in [1.54, 1.807) is 0 Å². The highest BCUT2D eigenvalue weighted by molar-refractivity contribution is 9.10. The van der Waals surface area contributed by atoms with Gasteiger partial charge in [0.05, 0.1) is 5.69 Å². The second kappa shape index (κ2) is 7.05. The number of nitrogens with zero attached hydrogens (tertiary/aromatic N) is 1. The van der Waals surface area contributed by atoms with Crippen LogP contribution in [0.2, 0.25) is 0 Å². The highest BCUT2D eigenvalue weighted by atomic mass is 79.9. The van der Waals surface area contributed by atoms with Crippen molar-refractivity contribution in [3.63, 3.8) is 0 Å². The average molecular weight is 314 g/mol. The molecule has 1 aromatic carbocycles. The summed E-state index contributed by atoms with van der Waals surface area (Å²) in [5.41, 5.74) is 3.50. The summed E-state index contributed by atoms with van der Waals surface area (Å²) in [7, 11) is 0. The van der Waals surface area contributed by atoms with Crippen LogP contribution in [0.15, 0.2) is 71.4 Å². The zero-order chi connectivity index (χ0) is 13.5. The first kappa shape index (κ1) is 13.8. The van der Waals surface area contributed by atoms with Gasteiger partial charge in [-0.1, -0.05) is 48.6 Å². The van der Waals surface area contributed by atoms with Gasteiger partial charge < -0.3 is 0 Å². The highest BCUT2D eigenvalue weighted by Crippen LogP contribution is 2.14. The third-order valence-corrected chi connectivity index (χ3v) is 3.28. The number of hydrogen-bond acceptors (Lipinski definition) is 1. The van der Waals surface area contributed by atoms with E-state index in [0.29, 0.717) is 0 Å². The van der Waals surface area contributed by atoms with Gasteiger partial charge in [0.25, 0.3) is 0 Å². The van der Waals surface area contributed by atoms with Crippen LogP contribution in [0.3, 0.4) is 0 Å². The van der Waals surface area contributed by atoms with Crippen molar-refractivity contribution in [1.29, 1.82) is 0 Å². The normalized spacial score (nSPS) is 12.0. The molecule has 0 N–H and O–H groups in total. The number of rotatable bonds is 4. The first-order valence-electron chi connectivity index (χ1n) is 6.25. The van der Waals surface area contributed by atoms with Crippen molar-refractivity contribution in [3.8, 4) is 0 Å². The molecule has 2 heteroatoms. The van der Waals surface area contributed by atoms with Crippen molar-refractivity contribution in [1.82, 2.24) is 4.98 Å². The molecule has 0 saturated heterocycles. The second-order valence-electron chi connectivity index (χ2n) is 4.33. The summed E-state index contributed by atoms with van der Waals surface area (Å²) in [6, 6.07) is 14.5. The maximum atomic E-state index is 4.37. The van der Waals surface area contributed by atoms with Crippen LogP contribution in [0.5, 0.6) is 0 Å². The molecular formula is C17H16BrN. The molecule has 0 aliphatic carbocycles. The minimum Gasteiger partial charge on any atom is -0.255 e. The molecular weight excluding hydrogens is 298 g/mol. The van der Waals surface area contributed by atoms with Crippen LogP contribution < -0.4 is 0 Å². The summed E-state index contributed by atoms with van der Waals surface area (Å²) in [5, 5.41) is 0. The standard InChI is InChI=1S/C17H16BrN/c1-14(17-12-11-16(18)13-19-17)7-5-6-10-15-8-3-2-4-9-15/h2-9,11-13H,10H2,1H3/b6-5-,14-7+. The first-order valence-corrected chi connectivity index (χ1v) is 7.04. The van der Waals surface area contributed by atoms with E-state index in [-0.39, 0.29) is 0 Å². The topological polar surface area (TPSA) is 12.9 Å². The van der Waals surface area contributed by atoms with Crippen LogP contribution in [-0.4, -0.2) is 4.98 Å². The smallest absolute Gasteiger partial charge is 0.0659 e. The number of allylic oxidation sites excluding steroid dienone is 4. The molecule has 0 bridgehead atoms. The zero-order valence-electron chi connectivity index (χ0n) is 10.9. The van der Waals surface area contributed by atoms with Gasteiger partial charge in [-0.25, -0.2) is 0 Å². The Kier molecular flexibility index (Phi) is 5.10. The molecule has 96 valence electrons. The summed E-state index contributed by atoms with van der Waals surface area (Å²) in [6.07, 6.45) is 9.13. The van der Waals surface area contributed by atoms with Crippen molar-refractivity contribution >= 4 is 21.5 Å². The predicted molar refractivity (Wildman–Crippen MR) is 84.9 cm³/mol. The maximum absolute atomic E-state index is 4.37. The summed E-state index contributed by atoms with van der Waals surface area (Å²) in [4.78, 5) is 4.37. The van der Waals surface area contributed by atoms with Crippen LogP contribution in [0.1, 0.15) is 18.2 Å². The Labute approximate surface area is 122 Å². The monoisotopic (exact) mass is 313 g/mol. The molecule has 19 heavy (non-hydrogen) atoms. The molecule has 1 aromatic heterocycles. The van der Waals surface area contributed by atoms with E-state index in [0.717, 1.165) is 22.2 Å². The van der Waals surface area contributed by atoms with E-state index < -0.39 is 0 Å². The lowest BCUT2D eigenvalue weighted by molar-refractivity contribution is 1.25. The van der Waals surface area contributed by atoms with Gasteiger partial charge in [0, 0.05) is 10.7 Å². The van der Waals surface area contributed by atoms with Gasteiger partial charge in [-0.15, -0.1) is 0 Å². The Balaban J connectivity index is 1.96. The van der Waals surface area contributed by atoms with Crippen LogP contribution in [-0.2, 0) is 6.42 Å². The van der Waals surface area contributed by atoms with Gasteiger partial charge in [-0.2, -0.15) is 0 Å². The molecule has 2 rings (SSSR count). The van der Waals surface area contributed by atoms with Crippen LogP contribution in [0, 0.1) is 0 Å². The zero-order valence-corrected chi connectivity index (χ0v) is 12.5. The third-order valence-electron chi connectivity index (χ3n) is 2.81. The minimum absolute atomic E-state index is 0.957. The Hall–Kier alpha value is -1.67. The van der Waals surface area contributed by atoms with E-state index in [1.165, 1.54) is 5.56 Å². The molecule has 0 fully saturated rings. The lowest BCUT2D eigenvalue weighted by atomic mass is 10.1. The number of aromatic nitrogens is 1. The number of pyridine rings is 1. The van der Waals surface area contributed by atoms with Gasteiger partial charge in [0.15, 0.2) is 0 Å². The molecule has 0 spiro atoms. The molecule has 1 heterocycles. The Morgan fingerprint density at radius 1 is 1.16 bits per heavy atom. The van der Waals surface area contributed by atoms with E-state index in [9.17, 15) is 0 Å². The lowest BCUT2D eigenvalue weighted by Crippen LogP contribution is -1.84. The van der Waals surface area contributed by atoms with E-state index in [2.05, 4.69) is 70.3 Å². The van der Waals surface area contributed by atoms with Gasteiger partial charge in [0.1, 0.15) is 0 Å². The lowest BCUT2D eigenvalue weighted by Gasteiger charge is -1.99. The van der Waals surface area contributed by atoms with Gasteiger partial charge >= 0.3 is 0 Å². The van der Waals surface area contributed by atoms with Gasteiger partial charge in [-0.3, -0.25) is 4.98 Å². The maximum Gasteiger partial charge on any atom is 0.0659 e. The average Bonchev–Trinajstić information content (AvgIpc) is 2.45. The van der Waals surface area contributed by atoms with E-state index in [1.807, 2.05) is 24.4 Å². The SMILES string of the molecule is C/C(=C\C=C/Cc1ccccc1)c1ccc(Br)cn1. The Morgan fingerprint density at radius 2 is 1.95 bits per heavy atom. The van der Waals surface area contributed by atoms with Crippen molar-refractivity contribution in [2.24, 2.45) is 0 Å². The van der Waals surface area contributed by atoms with Crippen molar-refractivity contribution in [2.45, 2.75) is 13.3 Å². The fraction of sp³-hybridized carbons (Fsp3) is 0.118. The summed E-state index contributed by atoms with van der Waals surface area (Å²) in [5.74, 6) is 0. The largest absolute Gasteiger partial charge is 0.255 e. The predicted octanol–water partition coefficient (Wildman–Crippen LogP) is 5.05. The summed E-state index contributed by atoms with van der Waals surface area (Å²) in [6.45, 7) is 2.07. The van der Waals surface area contributed by atoms with Crippen LogP contribution >= 0.6 is 15.9 Å². The van der Waals surface area contributed by atoms with Crippen molar-refractivity contribution in [3.05, 3.63) is 82.6 Å². The molecule has 0 amide bonds. The number of benzene rings is 1. The fourth-order valence-corrected chi connectivity index (χ4v) is 1.96. The summed E-state index contributed by atoms with van der Waals surface area (Å²) < 4.78 is 1.00. The Bertz CT molecular complexity index is 568. The Morgan fingerprint density at radius 3 is 2.63 bits per heavy atom. The van der Waals surface area contributed by atoms with E-state index in [4.69, 9.17) is 0 Å². The quantitative estimate of drug-likeness (QED) is 0.720. The van der Waals surface area contributed by atoms with Crippen molar-refractivity contribution < 1.29 is 0 Å². The fourth-order valence-electron chi connectivity index (χ4n) is 1.73. The van der Waals surface area contributed by atoms with Crippen LogP contribution in [0.25, 0.3) is 5.57 Å². The third kappa shape index (κ3) is 4.49. The molecule has 2 aromatic rings. The molecule has 0 atom stereocenters. The molecule has 1 nitrogen and oxygen atoms in total. The minimum atomic E-state index is 0.957. The molecule has 0 unspecified atom stereocenters.